The van der Waals surface area contributed by atoms with Crippen molar-refractivity contribution < 1.29 is 32.4 Å². The summed E-state index contributed by atoms with van der Waals surface area (Å²) in [6.07, 6.45) is 8.26. The number of nitrogens with one attached hydrogen (secondary N) is 2. The van der Waals surface area contributed by atoms with E-state index in [4.69, 9.17) is 0 Å². The SMILES string of the molecule is C=CCCC(=O)C(=O)C(CC(=O)[C@@H]1[C@H]2CCC[C@H]2CN1C(=O)[C@@H](NC(=O)N[C@H](CN(C)S(=O)(=O)CC)C(C)(C)C)C(C)(C)C)CC1CCC1. The Morgan fingerprint density at radius 1 is 0.959 bits per heavy atom. The molecule has 3 amide bonds. The molecule has 49 heavy (non-hydrogen) atoms. The number of likely N-dealkylation sites (N-methyl/N-ethyl adjacent to an activating group) is 1. The van der Waals surface area contributed by atoms with Crippen LogP contribution in [0.3, 0.4) is 0 Å². The monoisotopic (exact) mass is 706 g/mol. The third kappa shape index (κ3) is 10.5. The van der Waals surface area contributed by atoms with Crippen LogP contribution < -0.4 is 10.6 Å². The van der Waals surface area contributed by atoms with E-state index in [0.717, 1.165) is 38.5 Å². The van der Waals surface area contributed by atoms with Gasteiger partial charge in [0.2, 0.25) is 21.7 Å². The Morgan fingerprint density at radius 2 is 1.59 bits per heavy atom. The minimum absolute atomic E-state index is 0.0249. The number of nitrogens with zero attached hydrogens (tertiary/aromatic N) is 2. The van der Waals surface area contributed by atoms with Crippen LogP contribution >= 0.6 is 0 Å². The number of urea groups is 1. The van der Waals surface area contributed by atoms with Crippen molar-refractivity contribution in [3.63, 3.8) is 0 Å². The molecule has 1 aliphatic heterocycles. The van der Waals surface area contributed by atoms with E-state index in [9.17, 15) is 32.4 Å². The topological polar surface area (TPSA) is 150 Å². The fourth-order valence-electron chi connectivity index (χ4n) is 7.58. The van der Waals surface area contributed by atoms with Crippen LogP contribution in [0, 0.1) is 34.5 Å². The van der Waals surface area contributed by atoms with Crippen molar-refractivity contribution in [3.05, 3.63) is 12.7 Å². The molecule has 278 valence electrons. The summed E-state index contributed by atoms with van der Waals surface area (Å²) in [5, 5.41) is 5.82. The van der Waals surface area contributed by atoms with Crippen molar-refractivity contribution in [2.75, 3.05) is 25.9 Å². The number of hydrogen-bond donors (Lipinski definition) is 2. The maximum atomic E-state index is 14.5. The summed E-state index contributed by atoms with van der Waals surface area (Å²) < 4.78 is 26.2. The molecule has 1 heterocycles. The molecular formula is C37H62N4O7S. The van der Waals surface area contributed by atoms with Crippen LogP contribution in [0.2, 0.25) is 0 Å². The number of sulfonamides is 1. The maximum Gasteiger partial charge on any atom is 0.315 e. The third-order valence-electron chi connectivity index (χ3n) is 11.0. The molecule has 12 heteroatoms. The van der Waals surface area contributed by atoms with Crippen molar-refractivity contribution in [2.45, 2.75) is 131 Å². The van der Waals surface area contributed by atoms with Crippen molar-refractivity contribution in [1.82, 2.24) is 19.8 Å². The van der Waals surface area contributed by atoms with Gasteiger partial charge in [0.1, 0.15) is 6.04 Å². The van der Waals surface area contributed by atoms with Crippen LogP contribution in [0.4, 0.5) is 4.79 Å². The normalized spacial score (nSPS) is 23.3. The van der Waals surface area contributed by atoms with Crippen molar-refractivity contribution >= 4 is 39.3 Å². The minimum Gasteiger partial charge on any atom is -0.334 e. The highest BCUT2D eigenvalue weighted by molar-refractivity contribution is 7.89. The van der Waals surface area contributed by atoms with Gasteiger partial charge in [-0.15, -0.1) is 6.58 Å². The first kappa shape index (κ1) is 40.8. The van der Waals surface area contributed by atoms with Crippen LogP contribution in [-0.2, 0) is 29.2 Å². The van der Waals surface area contributed by atoms with E-state index < -0.39 is 62.5 Å². The molecule has 3 fully saturated rings. The molecule has 2 N–H and O–H groups in total. The Kier molecular flexibility index (Phi) is 13.8. The van der Waals surface area contributed by atoms with Gasteiger partial charge in [0.05, 0.1) is 11.8 Å². The second-order valence-electron chi connectivity index (χ2n) is 16.8. The molecule has 0 spiro atoms. The molecule has 3 aliphatic rings. The average Bonchev–Trinajstić information content (AvgIpc) is 3.59. The lowest BCUT2D eigenvalue weighted by atomic mass is 9.75. The molecule has 1 unspecified atom stereocenters. The zero-order valence-electron chi connectivity index (χ0n) is 31.2. The van der Waals surface area contributed by atoms with Gasteiger partial charge in [-0.25, -0.2) is 17.5 Å². The predicted molar refractivity (Wildman–Crippen MR) is 191 cm³/mol. The predicted octanol–water partition coefficient (Wildman–Crippen LogP) is 4.89. The zero-order valence-corrected chi connectivity index (χ0v) is 32.0. The zero-order chi connectivity index (χ0) is 36.9. The van der Waals surface area contributed by atoms with E-state index in [0.29, 0.717) is 25.3 Å². The Morgan fingerprint density at radius 3 is 2.12 bits per heavy atom. The minimum atomic E-state index is -3.49. The number of rotatable bonds is 17. The lowest BCUT2D eigenvalue weighted by Gasteiger charge is -2.38. The highest BCUT2D eigenvalue weighted by Gasteiger charge is 2.52. The van der Waals surface area contributed by atoms with E-state index in [1.807, 2.05) is 41.5 Å². The first-order chi connectivity index (χ1) is 22.7. The third-order valence-corrected chi connectivity index (χ3v) is 12.9. The molecule has 0 aromatic heterocycles. The molecule has 11 nitrogen and oxygen atoms in total. The number of hydrogen-bond acceptors (Lipinski definition) is 7. The maximum absolute atomic E-state index is 14.5. The summed E-state index contributed by atoms with van der Waals surface area (Å²) in [6.45, 7) is 17.0. The van der Waals surface area contributed by atoms with Gasteiger partial charge >= 0.3 is 6.03 Å². The lowest BCUT2D eigenvalue weighted by Crippen LogP contribution is -2.61. The van der Waals surface area contributed by atoms with Crippen LogP contribution in [-0.4, -0.2) is 90.9 Å². The van der Waals surface area contributed by atoms with Crippen LogP contribution in [0.5, 0.6) is 0 Å². The van der Waals surface area contributed by atoms with Crippen LogP contribution in [0.25, 0.3) is 0 Å². The number of likely N-dealkylation sites (tertiary alicyclic amines) is 1. The highest BCUT2D eigenvalue weighted by atomic mass is 32.2. The fraction of sp³-hybridized carbons (Fsp3) is 0.811. The summed E-state index contributed by atoms with van der Waals surface area (Å²) in [6, 6.07) is -2.85. The molecule has 0 bridgehead atoms. The molecular weight excluding hydrogens is 644 g/mol. The number of carbonyl (C=O) groups is 5. The molecule has 0 aromatic carbocycles. The van der Waals surface area contributed by atoms with Gasteiger partial charge in [-0.2, -0.15) is 0 Å². The van der Waals surface area contributed by atoms with Gasteiger partial charge in [-0.1, -0.05) is 73.3 Å². The molecule has 2 aliphatic carbocycles. The van der Waals surface area contributed by atoms with Crippen molar-refractivity contribution in [2.24, 2.45) is 34.5 Å². The van der Waals surface area contributed by atoms with E-state index in [2.05, 4.69) is 17.2 Å². The molecule has 3 rings (SSSR count). The number of carbonyl (C=O) groups excluding carboxylic acids is 5. The molecule has 6 atom stereocenters. The number of allylic oxidation sites excluding steroid dienone is 1. The van der Waals surface area contributed by atoms with Crippen molar-refractivity contribution in [3.8, 4) is 0 Å². The summed E-state index contributed by atoms with van der Waals surface area (Å²) in [5.74, 6) is -1.79. The number of ketones is 3. The summed E-state index contributed by atoms with van der Waals surface area (Å²) in [5.41, 5.74) is -1.22. The number of fused-ring (bicyclic) bond motifs is 1. The van der Waals surface area contributed by atoms with Gasteiger partial charge in [-0.05, 0) is 61.2 Å². The summed E-state index contributed by atoms with van der Waals surface area (Å²) in [7, 11) is -2.00. The van der Waals surface area contributed by atoms with Gasteiger partial charge in [0.25, 0.3) is 0 Å². The largest absolute Gasteiger partial charge is 0.334 e. The van der Waals surface area contributed by atoms with Gasteiger partial charge in [0, 0.05) is 44.9 Å². The van der Waals surface area contributed by atoms with E-state index in [-0.39, 0.29) is 48.7 Å². The average molecular weight is 707 g/mol. The van der Waals surface area contributed by atoms with Crippen LogP contribution in [0.15, 0.2) is 12.7 Å². The first-order valence-corrected chi connectivity index (χ1v) is 19.8. The van der Waals surface area contributed by atoms with E-state index >= 15 is 0 Å². The molecule has 0 aromatic rings. The molecule has 2 saturated carbocycles. The Bertz CT molecular complexity index is 1340. The lowest BCUT2D eigenvalue weighted by molar-refractivity contribution is -0.144. The van der Waals surface area contributed by atoms with Crippen LogP contribution in [0.1, 0.15) is 113 Å². The fourth-order valence-corrected chi connectivity index (χ4v) is 8.40. The second kappa shape index (κ2) is 16.6. The first-order valence-electron chi connectivity index (χ1n) is 18.2. The molecule has 0 radical (unpaired) electrons. The molecule has 1 saturated heterocycles. The summed E-state index contributed by atoms with van der Waals surface area (Å²) in [4.78, 5) is 70.2. The summed E-state index contributed by atoms with van der Waals surface area (Å²) >= 11 is 0. The standard InChI is InChI=1S/C37H62N4O7S/c1-10-12-19-28(42)32(44)26(20-24-15-13-16-24)21-29(43)31-27-18-14-17-25(27)22-41(31)34(45)33(37(6,7)8)39-35(46)38-30(36(3,4)5)23-40(9)49(47,48)11-2/h10,24-27,30-31,33H,1,11-23H2,2-9H3,(H2,38,39,46)/t25-,26?,27-,30+,31-,33+/m0/s1. The highest BCUT2D eigenvalue weighted by Crippen LogP contribution is 2.44. The van der Waals surface area contributed by atoms with E-state index in [1.165, 1.54) is 11.4 Å². The van der Waals surface area contributed by atoms with Crippen molar-refractivity contribution in [1.29, 1.82) is 0 Å². The second-order valence-corrected chi connectivity index (χ2v) is 19.2. The van der Waals surface area contributed by atoms with Gasteiger partial charge in [0.15, 0.2) is 11.6 Å². The van der Waals surface area contributed by atoms with E-state index in [1.54, 1.807) is 17.9 Å². The Labute approximate surface area is 294 Å². The van der Waals surface area contributed by atoms with Gasteiger partial charge in [-0.3, -0.25) is 19.2 Å². The smallest absolute Gasteiger partial charge is 0.315 e. The number of amides is 3. The Balaban J connectivity index is 1.84. The number of Topliss-reactive ketones (excluding diaryl/α,β-unsaturated/α-hetero) is 3. The quantitative estimate of drug-likeness (QED) is 0.162. The van der Waals surface area contributed by atoms with Gasteiger partial charge < -0.3 is 15.5 Å². The Hall–Kier alpha value is -2.60.